The molecule has 2 aromatic rings. The monoisotopic (exact) mass is 387 g/mol. The topological polar surface area (TPSA) is 63.1 Å². The van der Waals surface area contributed by atoms with Gasteiger partial charge in [-0.05, 0) is 32.1 Å². The van der Waals surface area contributed by atoms with Crippen LogP contribution in [0, 0.1) is 18.8 Å². The number of fused-ring (bicyclic) bond motifs is 1. The Labute approximate surface area is 165 Å². The highest BCUT2D eigenvalue weighted by Gasteiger charge is 2.39. The maximum Gasteiger partial charge on any atom is 0.223 e. The van der Waals surface area contributed by atoms with E-state index in [0.717, 1.165) is 36.7 Å². The largest absolute Gasteiger partial charge is 0.338 e. The van der Waals surface area contributed by atoms with Gasteiger partial charge in [0.25, 0.3) is 0 Å². The minimum atomic E-state index is 0.101. The average molecular weight is 388 g/mol. The second-order valence-corrected chi connectivity index (χ2v) is 9.35. The summed E-state index contributed by atoms with van der Waals surface area (Å²) in [6.45, 7) is 6.01. The van der Waals surface area contributed by atoms with E-state index in [9.17, 15) is 4.79 Å². The molecule has 1 N–H and O–H groups in total. The summed E-state index contributed by atoms with van der Waals surface area (Å²) in [5, 5.41) is 9.13. The fourth-order valence-corrected chi connectivity index (χ4v) is 5.68. The normalized spacial score (nSPS) is 25.3. The van der Waals surface area contributed by atoms with Gasteiger partial charge in [0.2, 0.25) is 5.91 Å². The Kier molecular flexibility index (Phi) is 5.07. The number of nitrogens with zero attached hydrogens (tertiary/aromatic N) is 4. The van der Waals surface area contributed by atoms with Crippen molar-refractivity contribution in [3.8, 4) is 0 Å². The molecule has 1 amide bonds. The van der Waals surface area contributed by atoms with Crippen molar-refractivity contribution in [2.45, 2.75) is 52.1 Å². The summed E-state index contributed by atoms with van der Waals surface area (Å²) in [6, 6.07) is 0.101. The molecule has 0 spiro atoms. The van der Waals surface area contributed by atoms with Gasteiger partial charge in [-0.1, -0.05) is 6.92 Å². The molecule has 2 aliphatic rings. The van der Waals surface area contributed by atoms with Gasteiger partial charge in [0.15, 0.2) is 0 Å². The third-order valence-corrected chi connectivity index (χ3v) is 7.32. The third kappa shape index (κ3) is 3.55. The summed E-state index contributed by atoms with van der Waals surface area (Å²) in [5.41, 5.74) is 3.61. The van der Waals surface area contributed by atoms with Gasteiger partial charge >= 0.3 is 0 Å². The molecule has 146 valence electrons. The van der Waals surface area contributed by atoms with Gasteiger partial charge < -0.3 is 10.2 Å². The number of hydrogen-bond donors (Lipinski definition) is 1. The highest BCUT2D eigenvalue weighted by atomic mass is 32.1. The van der Waals surface area contributed by atoms with Crippen LogP contribution in [-0.4, -0.2) is 39.2 Å². The quantitative estimate of drug-likeness (QED) is 0.857. The Hall–Kier alpha value is -1.73. The molecular formula is C20H29N5OS. The third-order valence-electron chi connectivity index (χ3n) is 6.20. The van der Waals surface area contributed by atoms with Crippen molar-refractivity contribution in [1.82, 2.24) is 25.0 Å². The molecule has 0 radical (unpaired) electrons. The van der Waals surface area contributed by atoms with Crippen molar-refractivity contribution in [1.29, 1.82) is 0 Å². The lowest BCUT2D eigenvalue weighted by Gasteiger charge is -2.25. The van der Waals surface area contributed by atoms with E-state index in [-0.39, 0.29) is 17.9 Å². The Morgan fingerprint density at radius 3 is 2.89 bits per heavy atom. The van der Waals surface area contributed by atoms with Gasteiger partial charge in [0, 0.05) is 55.7 Å². The first-order valence-corrected chi connectivity index (χ1v) is 10.7. The van der Waals surface area contributed by atoms with Gasteiger partial charge in [-0.25, -0.2) is 4.98 Å². The molecule has 3 atom stereocenters. The predicted octanol–water partition coefficient (Wildman–Crippen LogP) is 2.62. The highest BCUT2D eigenvalue weighted by Crippen LogP contribution is 2.38. The van der Waals surface area contributed by atoms with Crippen molar-refractivity contribution in [3.05, 3.63) is 33.0 Å². The number of rotatable bonds is 5. The number of aromatic nitrogens is 3. The van der Waals surface area contributed by atoms with Gasteiger partial charge in [-0.2, -0.15) is 5.10 Å². The van der Waals surface area contributed by atoms with Crippen LogP contribution in [0.5, 0.6) is 0 Å². The lowest BCUT2D eigenvalue weighted by Crippen LogP contribution is -2.29. The lowest BCUT2D eigenvalue weighted by atomic mass is 9.93. The Morgan fingerprint density at radius 1 is 1.33 bits per heavy atom. The van der Waals surface area contributed by atoms with Gasteiger partial charge in [-0.15, -0.1) is 11.3 Å². The van der Waals surface area contributed by atoms with Crippen LogP contribution in [0.3, 0.4) is 0 Å². The van der Waals surface area contributed by atoms with E-state index in [1.807, 2.05) is 41.2 Å². The zero-order valence-electron chi connectivity index (χ0n) is 16.7. The van der Waals surface area contributed by atoms with Gasteiger partial charge in [0.05, 0.1) is 17.9 Å². The first-order valence-electron chi connectivity index (χ1n) is 9.86. The number of amides is 1. The van der Waals surface area contributed by atoms with Gasteiger partial charge in [0.1, 0.15) is 5.01 Å². The number of carbonyl (C=O) groups is 1. The standard InChI is InChI=1S/C20H29N5OS/c1-12-5-6-16-17(7-12)27-18(23-16)11-21-9-14-8-19(26)24(3)20(14)15-10-22-25(4)13(15)2/h10,12,14,20-21H,5-9,11H2,1-4H3/t12?,14-,20+/m0/s1. The summed E-state index contributed by atoms with van der Waals surface area (Å²) in [6.07, 6.45) is 6.06. The highest BCUT2D eigenvalue weighted by molar-refractivity contribution is 7.11. The van der Waals surface area contributed by atoms with Crippen molar-refractivity contribution >= 4 is 17.2 Å². The van der Waals surface area contributed by atoms with Crippen LogP contribution >= 0.6 is 11.3 Å². The Morgan fingerprint density at radius 2 is 2.15 bits per heavy atom. The zero-order valence-corrected chi connectivity index (χ0v) is 17.5. The predicted molar refractivity (Wildman–Crippen MR) is 107 cm³/mol. The molecule has 4 rings (SSSR count). The number of thiazole rings is 1. The molecule has 3 heterocycles. The van der Waals surface area contributed by atoms with Crippen LogP contribution < -0.4 is 5.32 Å². The molecule has 1 saturated heterocycles. The van der Waals surface area contributed by atoms with Crippen LogP contribution in [-0.2, 0) is 31.2 Å². The minimum absolute atomic E-state index is 0.101. The number of aryl methyl sites for hydroxylation is 2. The van der Waals surface area contributed by atoms with Crippen LogP contribution in [0.25, 0.3) is 0 Å². The van der Waals surface area contributed by atoms with E-state index < -0.39 is 0 Å². The molecule has 1 aliphatic carbocycles. The molecule has 7 heteroatoms. The maximum atomic E-state index is 12.3. The lowest BCUT2D eigenvalue weighted by molar-refractivity contribution is -0.127. The minimum Gasteiger partial charge on any atom is -0.338 e. The fourth-order valence-electron chi connectivity index (χ4n) is 4.44. The molecule has 1 unspecified atom stereocenters. The molecule has 0 aromatic carbocycles. The van der Waals surface area contributed by atoms with Crippen LogP contribution in [0.15, 0.2) is 6.20 Å². The van der Waals surface area contributed by atoms with E-state index in [4.69, 9.17) is 4.98 Å². The molecule has 0 bridgehead atoms. The van der Waals surface area contributed by atoms with E-state index in [1.54, 1.807) is 0 Å². The number of hydrogen-bond acceptors (Lipinski definition) is 5. The molecule has 0 saturated carbocycles. The van der Waals surface area contributed by atoms with Crippen molar-refractivity contribution in [2.24, 2.45) is 18.9 Å². The van der Waals surface area contributed by atoms with E-state index in [0.29, 0.717) is 6.42 Å². The molecule has 27 heavy (non-hydrogen) atoms. The van der Waals surface area contributed by atoms with Crippen molar-refractivity contribution < 1.29 is 4.79 Å². The Bertz CT molecular complexity index is 842. The first-order chi connectivity index (χ1) is 12.9. The number of carbonyl (C=O) groups excluding carboxylic acids is 1. The van der Waals surface area contributed by atoms with Crippen molar-refractivity contribution in [3.63, 3.8) is 0 Å². The van der Waals surface area contributed by atoms with Crippen LogP contribution in [0.1, 0.15) is 52.6 Å². The zero-order chi connectivity index (χ0) is 19.1. The summed E-state index contributed by atoms with van der Waals surface area (Å²) in [5.74, 6) is 1.26. The second-order valence-electron chi connectivity index (χ2n) is 8.18. The molecule has 2 aromatic heterocycles. The summed E-state index contributed by atoms with van der Waals surface area (Å²) in [7, 11) is 3.86. The van der Waals surface area contributed by atoms with Crippen LogP contribution in [0.2, 0.25) is 0 Å². The van der Waals surface area contributed by atoms with Gasteiger partial charge in [-0.3, -0.25) is 9.48 Å². The van der Waals surface area contributed by atoms with Crippen LogP contribution in [0.4, 0.5) is 0 Å². The molecular weight excluding hydrogens is 358 g/mol. The van der Waals surface area contributed by atoms with E-state index in [1.165, 1.54) is 28.4 Å². The number of nitrogens with one attached hydrogen (secondary N) is 1. The molecule has 1 aliphatic heterocycles. The van der Waals surface area contributed by atoms with Crippen molar-refractivity contribution in [2.75, 3.05) is 13.6 Å². The average Bonchev–Trinajstić information content (AvgIpc) is 3.26. The second kappa shape index (κ2) is 7.36. The van der Waals surface area contributed by atoms with E-state index in [2.05, 4.69) is 24.3 Å². The SMILES string of the molecule is Cc1c([C@H]2[C@H](CNCc3nc4c(s3)CC(C)CC4)CC(=O)N2C)cnn1C. The maximum absolute atomic E-state index is 12.3. The first kappa shape index (κ1) is 18.6. The smallest absolute Gasteiger partial charge is 0.223 e. The summed E-state index contributed by atoms with van der Waals surface area (Å²) in [4.78, 5) is 20.5. The number of likely N-dealkylation sites (tertiary alicyclic amines) is 1. The molecule has 6 nitrogen and oxygen atoms in total. The summed E-state index contributed by atoms with van der Waals surface area (Å²) < 4.78 is 1.89. The fraction of sp³-hybridized carbons (Fsp3) is 0.650. The molecule has 1 fully saturated rings. The van der Waals surface area contributed by atoms with E-state index >= 15 is 0 Å². The Balaban J connectivity index is 1.41. The summed E-state index contributed by atoms with van der Waals surface area (Å²) >= 11 is 1.86.